The van der Waals surface area contributed by atoms with E-state index < -0.39 is 15.1 Å². The van der Waals surface area contributed by atoms with Gasteiger partial charge in [-0.2, -0.15) is 0 Å². The van der Waals surface area contributed by atoms with E-state index in [-0.39, 0.29) is 28.9 Å². The molecule has 1 aliphatic heterocycles. The fourth-order valence-electron chi connectivity index (χ4n) is 3.04. The summed E-state index contributed by atoms with van der Waals surface area (Å²) in [4.78, 5) is 24.8. The van der Waals surface area contributed by atoms with Crippen molar-refractivity contribution in [3.8, 4) is 0 Å². The minimum atomic E-state index is -3.68. The number of carbonyl (C=O) groups excluding carboxylic acids is 2. The van der Waals surface area contributed by atoms with Crippen molar-refractivity contribution in [1.29, 1.82) is 0 Å². The summed E-state index contributed by atoms with van der Waals surface area (Å²) in [7, 11) is -3.68. The van der Waals surface area contributed by atoms with E-state index >= 15 is 0 Å². The van der Waals surface area contributed by atoms with E-state index in [1.54, 1.807) is 12.1 Å². The molecule has 0 saturated heterocycles. The zero-order chi connectivity index (χ0) is 20.5. The molecular formula is C20H22N2O4S2. The molecule has 2 amide bonds. The second kappa shape index (κ2) is 7.97. The minimum Gasteiger partial charge on any atom is -0.326 e. The molecule has 0 aromatic heterocycles. The van der Waals surface area contributed by atoms with Crippen molar-refractivity contribution in [2.75, 3.05) is 16.4 Å². The molecule has 28 heavy (non-hydrogen) atoms. The second-order valence-corrected chi connectivity index (χ2v) is 10.3. The smallest absolute Gasteiger partial charge is 0.234 e. The first-order valence-electron chi connectivity index (χ1n) is 8.85. The van der Waals surface area contributed by atoms with E-state index in [4.69, 9.17) is 0 Å². The van der Waals surface area contributed by atoms with Crippen LogP contribution in [0.4, 0.5) is 11.4 Å². The number of carbonyl (C=O) groups is 2. The Morgan fingerprint density at radius 3 is 2.57 bits per heavy atom. The highest BCUT2D eigenvalue weighted by Crippen LogP contribution is 2.34. The molecule has 0 saturated carbocycles. The van der Waals surface area contributed by atoms with Crippen molar-refractivity contribution < 1.29 is 18.0 Å². The molecule has 1 aliphatic rings. The van der Waals surface area contributed by atoms with Gasteiger partial charge in [-0.05, 0) is 50.1 Å². The summed E-state index contributed by atoms with van der Waals surface area (Å²) in [6, 6.07) is 10.3. The third-order valence-corrected chi connectivity index (χ3v) is 7.85. The average molecular weight is 419 g/mol. The molecule has 6 nitrogen and oxygen atoms in total. The molecule has 1 unspecified atom stereocenters. The van der Waals surface area contributed by atoms with Gasteiger partial charge in [-0.1, -0.05) is 18.2 Å². The summed E-state index contributed by atoms with van der Waals surface area (Å²) >= 11 is 1.30. The topological polar surface area (TPSA) is 92.3 Å². The Bertz CT molecular complexity index is 1030. The number of hydrogen-bond donors (Lipinski definition) is 2. The maximum Gasteiger partial charge on any atom is 0.234 e. The zero-order valence-corrected chi connectivity index (χ0v) is 17.5. The molecule has 0 fully saturated rings. The molecule has 0 bridgehead atoms. The number of benzene rings is 2. The van der Waals surface area contributed by atoms with Crippen LogP contribution in [0.5, 0.6) is 0 Å². The van der Waals surface area contributed by atoms with E-state index in [0.29, 0.717) is 10.6 Å². The van der Waals surface area contributed by atoms with Gasteiger partial charge in [0.15, 0.2) is 9.84 Å². The van der Waals surface area contributed by atoms with E-state index in [0.717, 1.165) is 16.8 Å². The third-order valence-electron chi connectivity index (χ3n) is 4.66. The fourth-order valence-corrected chi connectivity index (χ4v) is 5.33. The fraction of sp³-hybridized carbons (Fsp3) is 0.300. The van der Waals surface area contributed by atoms with Crippen LogP contribution in [0.2, 0.25) is 0 Å². The Hall–Kier alpha value is -2.32. The Morgan fingerprint density at radius 2 is 1.89 bits per heavy atom. The molecule has 8 heteroatoms. The first-order chi connectivity index (χ1) is 13.2. The highest BCUT2D eigenvalue weighted by Gasteiger charge is 2.27. The SMILES string of the molecule is Cc1cccc(C)c1NC(=O)CC(C)S(=O)(=O)c1ccc2c(c1)SCC(=O)N2. The number of sulfone groups is 1. The minimum absolute atomic E-state index is 0.107. The summed E-state index contributed by atoms with van der Waals surface area (Å²) in [6.07, 6.45) is -0.142. The van der Waals surface area contributed by atoms with Gasteiger partial charge in [0, 0.05) is 17.0 Å². The average Bonchev–Trinajstić information content (AvgIpc) is 2.64. The van der Waals surface area contributed by atoms with Gasteiger partial charge in [0.2, 0.25) is 11.8 Å². The summed E-state index contributed by atoms with van der Waals surface area (Å²) < 4.78 is 25.9. The summed E-state index contributed by atoms with van der Waals surface area (Å²) in [5.41, 5.74) is 3.19. The maximum absolute atomic E-state index is 12.9. The van der Waals surface area contributed by atoms with Crippen LogP contribution in [0.1, 0.15) is 24.5 Å². The van der Waals surface area contributed by atoms with E-state index in [1.807, 2.05) is 32.0 Å². The lowest BCUT2D eigenvalue weighted by atomic mass is 10.1. The maximum atomic E-state index is 12.9. The number of thioether (sulfide) groups is 1. The molecule has 2 aromatic carbocycles. The van der Waals surface area contributed by atoms with Gasteiger partial charge in [-0.15, -0.1) is 11.8 Å². The number of anilines is 2. The van der Waals surface area contributed by atoms with Crippen molar-refractivity contribution in [2.24, 2.45) is 0 Å². The van der Waals surface area contributed by atoms with Crippen LogP contribution in [-0.4, -0.2) is 31.2 Å². The molecule has 0 spiro atoms. The highest BCUT2D eigenvalue weighted by atomic mass is 32.2. The van der Waals surface area contributed by atoms with Crippen molar-refractivity contribution in [3.05, 3.63) is 47.5 Å². The lowest BCUT2D eigenvalue weighted by Gasteiger charge is -2.19. The molecule has 1 atom stereocenters. The predicted octanol–water partition coefficient (Wildman–Crippen LogP) is 3.54. The normalized spacial score (nSPS) is 14.8. The highest BCUT2D eigenvalue weighted by molar-refractivity contribution is 8.00. The van der Waals surface area contributed by atoms with Crippen LogP contribution in [0.25, 0.3) is 0 Å². The number of fused-ring (bicyclic) bond motifs is 1. The van der Waals surface area contributed by atoms with Gasteiger partial charge in [-0.3, -0.25) is 9.59 Å². The molecule has 3 rings (SSSR count). The number of para-hydroxylation sites is 1. The van der Waals surface area contributed by atoms with E-state index in [9.17, 15) is 18.0 Å². The molecule has 148 valence electrons. The van der Waals surface area contributed by atoms with Gasteiger partial charge in [0.1, 0.15) is 0 Å². The molecule has 2 aromatic rings. The van der Waals surface area contributed by atoms with Crippen LogP contribution >= 0.6 is 11.8 Å². The van der Waals surface area contributed by atoms with Gasteiger partial charge in [-0.25, -0.2) is 8.42 Å². The van der Waals surface area contributed by atoms with Gasteiger partial charge >= 0.3 is 0 Å². The van der Waals surface area contributed by atoms with E-state index in [2.05, 4.69) is 10.6 Å². The number of aryl methyl sites for hydroxylation is 2. The summed E-state index contributed by atoms with van der Waals surface area (Å²) in [5, 5.41) is 4.68. The van der Waals surface area contributed by atoms with Gasteiger partial charge in [0.25, 0.3) is 0 Å². The number of amides is 2. The van der Waals surface area contributed by atoms with Crippen molar-refractivity contribution >= 4 is 44.8 Å². The van der Waals surface area contributed by atoms with Crippen LogP contribution in [-0.2, 0) is 19.4 Å². The number of nitrogens with one attached hydrogen (secondary N) is 2. The Balaban J connectivity index is 1.75. The molecule has 1 heterocycles. The van der Waals surface area contributed by atoms with Gasteiger partial charge < -0.3 is 10.6 Å². The van der Waals surface area contributed by atoms with Crippen LogP contribution in [0, 0.1) is 13.8 Å². The van der Waals surface area contributed by atoms with Crippen LogP contribution in [0.3, 0.4) is 0 Å². The predicted molar refractivity (Wildman–Crippen MR) is 112 cm³/mol. The Kier molecular flexibility index (Phi) is 5.81. The molecule has 0 radical (unpaired) electrons. The molecule has 2 N–H and O–H groups in total. The van der Waals surface area contributed by atoms with Gasteiger partial charge in [0.05, 0.1) is 21.6 Å². The first kappa shape index (κ1) is 20.4. The number of hydrogen-bond acceptors (Lipinski definition) is 5. The standard InChI is InChI=1S/C20H22N2O4S2/c1-12-5-4-6-13(2)20(12)22-18(23)9-14(3)28(25,26)15-7-8-16-17(10-15)27-11-19(24)21-16/h4-8,10,14H,9,11H2,1-3H3,(H,21,24)(H,22,23). The molecular weight excluding hydrogens is 396 g/mol. The quantitative estimate of drug-likeness (QED) is 0.775. The van der Waals surface area contributed by atoms with Crippen molar-refractivity contribution in [3.63, 3.8) is 0 Å². The monoisotopic (exact) mass is 418 g/mol. The summed E-state index contributed by atoms with van der Waals surface area (Å²) in [5.74, 6) is -0.192. The Labute approximate surface area is 169 Å². The van der Waals surface area contributed by atoms with E-state index in [1.165, 1.54) is 24.8 Å². The third kappa shape index (κ3) is 4.23. The van der Waals surface area contributed by atoms with Crippen LogP contribution in [0.15, 0.2) is 46.2 Å². The summed E-state index contributed by atoms with van der Waals surface area (Å²) in [6.45, 7) is 5.33. The second-order valence-electron chi connectivity index (χ2n) is 6.87. The largest absolute Gasteiger partial charge is 0.326 e. The lowest BCUT2D eigenvalue weighted by Crippen LogP contribution is -2.26. The lowest BCUT2D eigenvalue weighted by molar-refractivity contribution is -0.116. The van der Waals surface area contributed by atoms with Crippen molar-refractivity contribution in [1.82, 2.24) is 0 Å². The Morgan fingerprint density at radius 1 is 1.21 bits per heavy atom. The molecule has 0 aliphatic carbocycles. The zero-order valence-electron chi connectivity index (χ0n) is 15.9. The van der Waals surface area contributed by atoms with Crippen LogP contribution < -0.4 is 10.6 Å². The number of rotatable bonds is 5. The van der Waals surface area contributed by atoms with Crippen molar-refractivity contribution in [2.45, 2.75) is 42.2 Å². The first-order valence-corrected chi connectivity index (χ1v) is 11.4.